The molecule has 2 aromatic rings. The minimum Gasteiger partial charge on any atom is -0.481 e. The molecule has 3 rings (SSSR count). The van der Waals surface area contributed by atoms with Crippen LogP contribution in [0.4, 0.5) is 13.2 Å². The van der Waals surface area contributed by atoms with E-state index in [9.17, 15) is 22.8 Å². The van der Waals surface area contributed by atoms with Gasteiger partial charge in [0.1, 0.15) is 0 Å². The third kappa shape index (κ3) is 3.56. The number of hydrogen-bond donors (Lipinski definition) is 2. The van der Waals surface area contributed by atoms with Crippen molar-refractivity contribution in [1.82, 2.24) is 5.32 Å². The number of hydrogen-bond acceptors (Lipinski definition) is 2. The highest BCUT2D eigenvalue weighted by Gasteiger charge is 2.40. The molecule has 1 aliphatic rings. The first-order chi connectivity index (χ1) is 12.3. The molecule has 136 valence electrons. The normalized spacial score (nSPS) is 15.2. The Morgan fingerprint density at radius 3 is 2.04 bits per heavy atom. The van der Waals surface area contributed by atoms with Crippen molar-refractivity contribution in [2.45, 2.75) is 31.2 Å². The van der Waals surface area contributed by atoms with Crippen molar-refractivity contribution in [3.05, 3.63) is 59.4 Å². The molecule has 4 nitrogen and oxygen atoms in total. The van der Waals surface area contributed by atoms with Crippen molar-refractivity contribution >= 4 is 11.9 Å². The highest BCUT2D eigenvalue weighted by atomic mass is 19.2. The van der Waals surface area contributed by atoms with E-state index in [4.69, 9.17) is 5.11 Å². The minimum absolute atomic E-state index is 0.134. The van der Waals surface area contributed by atoms with Crippen LogP contribution in [0.2, 0.25) is 0 Å². The summed E-state index contributed by atoms with van der Waals surface area (Å²) in [7, 11) is 0. The van der Waals surface area contributed by atoms with Crippen LogP contribution in [-0.2, 0) is 4.79 Å². The van der Waals surface area contributed by atoms with Crippen LogP contribution in [0.1, 0.15) is 36.0 Å². The lowest BCUT2D eigenvalue weighted by atomic mass is 9.74. The number of carbonyl (C=O) groups excluding carboxylic acids is 1. The van der Waals surface area contributed by atoms with E-state index in [-0.39, 0.29) is 12.0 Å². The van der Waals surface area contributed by atoms with E-state index in [2.05, 4.69) is 5.32 Å². The van der Waals surface area contributed by atoms with Gasteiger partial charge in [-0.2, -0.15) is 0 Å². The highest BCUT2D eigenvalue weighted by Crippen LogP contribution is 2.35. The van der Waals surface area contributed by atoms with Crippen molar-refractivity contribution in [3.63, 3.8) is 0 Å². The van der Waals surface area contributed by atoms with Crippen molar-refractivity contribution in [3.8, 4) is 11.1 Å². The number of nitrogens with one attached hydrogen (secondary N) is 1. The molecule has 0 aliphatic heterocycles. The second-order valence-electron chi connectivity index (χ2n) is 6.49. The summed E-state index contributed by atoms with van der Waals surface area (Å²) < 4.78 is 39.7. The highest BCUT2D eigenvalue weighted by molar-refractivity contribution is 5.95. The van der Waals surface area contributed by atoms with Gasteiger partial charge in [-0.25, -0.2) is 13.2 Å². The number of carboxylic acids is 1. The van der Waals surface area contributed by atoms with Gasteiger partial charge in [-0.15, -0.1) is 0 Å². The lowest BCUT2D eigenvalue weighted by molar-refractivity contribution is -0.139. The molecule has 1 aliphatic carbocycles. The first-order valence-corrected chi connectivity index (χ1v) is 8.09. The number of benzene rings is 2. The summed E-state index contributed by atoms with van der Waals surface area (Å²) in [6.07, 6.45) is 1.94. The van der Waals surface area contributed by atoms with Crippen molar-refractivity contribution < 1.29 is 27.9 Å². The van der Waals surface area contributed by atoms with Gasteiger partial charge in [0.25, 0.3) is 5.91 Å². The molecule has 0 bridgehead atoms. The zero-order valence-corrected chi connectivity index (χ0v) is 13.7. The molecule has 0 spiro atoms. The first kappa shape index (κ1) is 18.0. The fourth-order valence-electron chi connectivity index (χ4n) is 3.09. The number of aliphatic carboxylic acids is 1. The first-order valence-electron chi connectivity index (χ1n) is 8.09. The standard InChI is InChI=1S/C19H16F3NO3/c20-14-8-13(9-15(21)17(14)22)11-2-4-12(5-3-11)18(26)23-19(6-1-7-19)10-16(24)25/h2-5,8-9H,1,6-7,10H2,(H,23,26)(H,24,25). The largest absolute Gasteiger partial charge is 0.481 e. The van der Waals surface area contributed by atoms with Crippen LogP contribution in [0, 0.1) is 17.5 Å². The van der Waals surface area contributed by atoms with Gasteiger partial charge in [-0.3, -0.25) is 9.59 Å². The van der Waals surface area contributed by atoms with Crippen molar-refractivity contribution in [2.24, 2.45) is 0 Å². The van der Waals surface area contributed by atoms with E-state index in [1.807, 2.05) is 0 Å². The molecule has 0 heterocycles. The summed E-state index contributed by atoms with van der Waals surface area (Å²) in [5.74, 6) is -5.49. The summed E-state index contributed by atoms with van der Waals surface area (Å²) in [6.45, 7) is 0. The summed E-state index contributed by atoms with van der Waals surface area (Å²) >= 11 is 0. The maximum atomic E-state index is 13.3. The van der Waals surface area contributed by atoms with E-state index in [0.717, 1.165) is 18.6 Å². The Labute approximate surface area is 147 Å². The zero-order valence-electron chi connectivity index (χ0n) is 13.7. The van der Waals surface area contributed by atoms with Gasteiger partial charge < -0.3 is 10.4 Å². The fraction of sp³-hybridized carbons (Fsp3) is 0.263. The van der Waals surface area contributed by atoms with E-state index in [1.54, 1.807) is 0 Å². The van der Waals surface area contributed by atoms with E-state index in [0.29, 0.717) is 24.0 Å². The Balaban J connectivity index is 1.77. The Morgan fingerprint density at radius 2 is 1.58 bits per heavy atom. The predicted molar refractivity (Wildman–Crippen MR) is 88.1 cm³/mol. The Kier molecular flexibility index (Phi) is 4.71. The third-order valence-electron chi connectivity index (χ3n) is 4.64. The van der Waals surface area contributed by atoms with Crippen LogP contribution in [0.5, 0.6) is 0 Å². The lowest BCUT2D eigenvalue weighted by Crippen LogP contribution is -2.54. The molecule has 1 saturated carbocycles. The molecule has 1 fully saturated rings. The van der Waals surface area contributed by atoms with Crippen LogP contribution in [0.25, 0.3) is 11.1 Å². The van der Waals surface area contributed by atoms with Crippen LogP contribution in [0.3, 0.4) is 0 Å². The maximum Gasteiger partial charge on any atom is 0.305 e. The summed E-state index contributed by atoms with van der Waals surface area (Å²) in [6, 6.07) is 7.68. The molecule has 7 heteroatoms. The van der Waals surface area contributed by atoms with Gasteiger partial charge >= 0.3 is 5.97 Å². The average molecular weight is 363 g/mol. The molecule has 2 aromatic carbocycles. The zero-order chi connectivity index (χ0) is 18.9. The SMILES string of the molecule is O=C(O)CC1(NC(=O)c2ccc(-c3cc(F)c(F)c(F)c3)cc2)CCC1. The molecule has 0 aromatic heterocycles. The van der Waals surface area contributed by atoms with Gasteiger partial charge in [-0.05, 0) is 54.7 Å². The van der Waals surface area contributed by atoms with E-state index >= 15 is 0 Å². The van der Waals surface area contributed by atoms with Crippen LogP contribution in [0.15, 0.2) is 36.4 Å². The van der Waals surface area contributed by atoms with Crippen LogP contribution >= 0.6 is 0 Å². The molecule has 0 unspecified atom stereocenters. The van der Waals surface area contributed by atoms with Gasteiger partial charge in [-0.1, -0.05) is 12.1 Å². The molecule has 0 saturated heterocycles. The molecule has 1 amide bonds. The Bertz CT molecular complexity index is 838. The van der Waals surface area contributed by atoms with Crippen molar-refractivity contribution in [2.75, 3.05) is 0 Å². The number of amides is 1. The number of rotatable bonds is 5. The molecular formula is C19H16F3NO3. The second-order valence-corrected chi connectivity index (χ2v) is 6.49. The number of carbonyl (C=O) groups is 2. The van der Waals surface area contributed by atoms with Gasteiger partial charge in [0.05, 0.1) is 12.0 Å². The van der Waals surface area contributed by atoms with Crippen molar-refractivity contribution in [1.29, 1.82) is 0 Å². The molecule has 26 heavy (non-hydrogen) atoms. The van der Waals surface area contributed by atoms with E-state index < -0.39 is 34.9 Å². The second kappa shape index (κ2) is 6.82. The summed E-state index contributed by atoms with van der Waals surface area (Å²) in [5.41, 5.74) is 0.150. The van der Waals surface area contributed by atoms with Gasteiger partial charge in [0.15, 0.2) is 17.5 Å². The summed E-state index contributed by atoms with van der Waals surface area (Å²) in [5, 5.41) is 11.8. The monoisotopic (exact) mass is 363 g/mol. The minimum atomic E-state index is -1.53. The van der Waals surface area contributed by atoms with Crippen LogP contribution in [-0.4, -0.2) is 22.5 Å². The van der Waals surface area contributed by atoms with Crippen LogP contribution < -0.4 is 5.32 Å². The topological polar surface area (TPSA) is 66.4 Å². The van der Waals surface area contributed by atoms with Gasteiger partial charge in [0.2, 0.25) is 0 Å². The molecule has 2 N–H and O–H groups in total. The fourth-order valence-corrected chi connectivity index (χ4v) is 3.09. The number of carboxylic acid groups (broad SMARTS) is 1. The predicted octanol–water partition coefficient (Wildman–Crippen LogP) is 3.90. The van der Waals surface area contributed by atoms with E-state index in [1.165, 1.54) is 24.3 Å². The maximum absolute atomic E-state index is 13.3. The van der Waals surface area contributed by atoms with Gasteiger partial charge in [0, 0.05) is 5.56 Å². The Hall–Kier alpha value is -2.83. The molecule has 0 radical (unpaired) electrons. The molecular weight excluding hydrogens is 347 g/mol. The third-order valence-corrected chi connectivity index (χ3v) is 4.64. The lowest BCUT2D eigenvalue weighted by Gasteiger charge is -2.41. The average Bonchev–Trinajstić information content (AvgIpc) is 2.57. The smallest absolute Gasteiger partial charge is 0.305 e. The summed E-state index contributed by atoms with van der Waals surface area (Å²) in [4.78, 5) is 23.3. The molecule has 0 atom stereocenters. The Morgan fingerprint density at radius 1 is 1.00 bits per heavy atom. The quantitative estimate of drug-likeness (QED) is 0.792. The number of halogens is 3.